The predicted molar refractivity (Wildman–Crippen MR) is 71.1 cm³/mol. The molecule has 0 radical (unpaired) electrons. The number of nitrogens with two attached hydrogens (primary N) is 1. The quantitative estimate of drug-likeness (QED) is 0.666. The SMILES string of the molecule is Cc1cc(OCC2(N)CCCCC2)ncc1[N+](=O)[O-]. The highest BCUT2D eigenvalue weighted by molar-refractivity contribution is 5.39. The first-order chi connectivity index (χ1) is 9.00. The molecule has 1 aromatic rings. The number of aromatic nitrogens is 1. The molecule has 2 rings (SSSR count). The van der Waals surface area contributed by atoms with Crippen LogP contribution in [0.4, 0.5) is 5.69 Å². The van der Waals surface area contributed by atoms with E-state index in [1.54, 1.807) is 13.0 Å². The average Bonchev–Trinajstić information content (AvgIpc) is 2.37. The molecule has 0 aliphatic heterocycles. The van der Waals surface area contributed by atoms with Crippen molar-refractivity contribution in [2.45, 2.75) is 44.6 Å². The Labute approximate surface area is 112 Å². The number of hydrogen-bond acceptors (Lipinski definition) is 5. The molecule has 0 amide bonds. The number of pyridine rings is 1. The second kappa shape index (κ2) is 5.52. The van der Waals surface area contributed by atoms with Crippen LogP contribution in [0.2, 0.25) is 0 Å². The van der Waals surface area contributed by atoms with Crippen LogP contribution in [-0.2, 0) is 0 Å². The van der Waals surface area contributed by atoms with Gasteiger partial charge >= 0.3 is 0 Å². The van der Waals surface area contributed by atoms with Crippen LogP contribution in [-0.4, -0.2) is 22.1 Å². The van der Waals surface area contributed by atoms with Crippen LogP contribution in [0.25, 0.3) is 0 Å². The fourth-order valence-corrected chi connectivity index (χ4v) is 2.41. The first-order valence-corrected chi connectivity index (χ1v) is 6.53. The molecule has 1 aromatic heterocycles. The van der Waals surface area contributed by atoms with Gasteiger partial charge in [0.25, 0.3) is 5.69 Å². The minimum atomic E-state index is -0.447. The van der Waals surface area contributed by atoms with Crippen molar-refractivity contribution in [3.05, 3.63) is 27.9 Å². The summed E-state index contributed by atoms with van der Waals surface area (Å²) in [7, 11) is 0. The first-order valence-electron chi connectivity index (χ1n) is 6.53. The minimum absolute atomic E-state index is 0.00692. The molecule has 6 heteroatoms. The van der Waals surface area contributed by atoms with Crippen molar-refractivity contribution in [3.8, 4) is 5.88 Å². The van der Waals surface area contributed by atoms with E-state index in [2.05, 4.69) is 4.98 Å². The van der Waals surface area contributed by atoms with E-state index >= 15 is 0 Å². The van der Waals surface area contributed by atoms with Gasteiger partial charge in [0, 0.05) is 11.6 Å². The van der Waals surface area contributed by atoms with Gasteiger partial charge in [0.2, 0.25) is 5.88 Å². The maximum atomic E-state index is 10.7. The number of nitro groups is 1. The summed E-state index contributed by atoms with van der Waals surface area (Å²) < 4.78 is 5.61. The molecule has 1 fully saturated rings. The van der Waals surface area contributed by atoms with Gasteiger partial charge in [0.15, 0.2) is 0 Å². The molecule has 0 atom stereocenters. The Morgan fingerprint density at radius 2 is 2.16 bits per heavy atom. The Kier molecular flexibility index (Phi) is 3.99. The molecule has 0 unspecified atom stereocenters. The normalized spacial score (nSPS) is 18.0. The van der Waals surface area contributed by atoms with Crippen LogP contribution in [0, 0.1) is 17.0 Å². The third-order valence-electron chi connectivity index (χ3n) is 3.61. The van der Waals surface area contributed by atoms with E-state index in [-0.39, 0.29) is 11.2 Å². The van der Waals surface area contributed by atoms with Gasteiger partial charge in [0.05, 0.1) is 10.5 Å². The zero-order valence-corrected chi connectivity index (χ0v) is 11.1. The minimum Gasteiger partial charge on any atom is -0.476 e. The van der Waals surface area contributed by atoms with E-state index in [4.69, 9.17) is 10.5 Å². The summed E-state index contributed by atoms with van der Waals surface area (Å²) in [5, 5.41) is 10.7. The number of aryl methyl sites for hydroxylation is 1. The summed E-state index contributed by atoms with van der Waals surface area (Å²) >= 11 is 0. The molecular weight excluding hydrogens is 246 g/mol. The molecular formula is C13H19N3O3. The van der Waals surface area contributed by atoms with Gasteiger partial charge < -0.3 is 10.5 Å². The third-order valence-corrected chi connectivity index (χ3v) is 3.61. The lowest BCUT2D eigenvalue weighted by Gasteiger charge is -2.32. The Morgan fingerprint density at radius 1 is 1.47 bits per heavy atom. The number of nitrogens with zero attached hydrogens (tertiary/aromatic N) is 2. The van der Waals surface area contributed by atoms with Crippen LogP contribution < -0.4 is 10.5 Å². The fourth-order valence-electron chi connectivity index (χ4n) is 2.41. The van der Waals surface area contributed by atoms with Gasteiger partial charge in [-0.3, -0.25) is 10.1 Å². The fraction of sp³-hybridized carbons (Fsp3) is 0.615. The average molecular weight is 265 g/mol. The number of ether oxygens (including phenoxy) is 1. The van der Waals surface area contributed by atoms with Gasteiger partial charge in [-0.05, 0) is 19.8 Å². The highest BCUT2D eigenvalue weighted by Gasteiger charge is 2.28. The number of hydrogen-bond donors (Lipinski definition) is 1. The first kappa shape index (κ1) is 13.7. The monoisotopic (exact) mass is 265 g/mol. The van der Waals surface area contributed by atoms with Crippen molar-refractivity contribution in [2.24, 2.45) is 5.73 Å². The van der Waals surface area contributed by atoms with E-state index in [0.29, 0.717) is 18.1 Å². The summed E-state index contributed by atoms with van der Waals surface area (Å²) in [5.41, 5.74) is 6.53. The largest absolute Gasteiger partial charge is 0.476 e. The second-order valence-electron chi connectivity index (χ2n) is 5.28. The second-order valence-corrected chi connectivity index (χ2v) is 5.28. The smallest absolute Gasteiger partial charge is 0.290 e. The van der Waals surface area contributed by atoms with Crippen LogP contribution in [0.5, 0.6) is 5.88 Å². The van der Waals surface area contributed by atoms with E-state index in [1.807, 2.05) is 0 Å². The Balaban J connectivity index is 2.00. The highest BCUT2D eigenvalue weighted by Crippen LogP contribution is 2.27. The molecule has 0 bridgehead atoms. The molecule has 1 heterocycles. The van der Waals surface area contributed by atoms with Crippen molar-refractivity contribution < 1.29 is 9.66 Å². The van der Waals surface area contributed by atoms with Crippen molar-refractivity contribution in [1.29, 1.82) is 0 Å². The molecule has 1 saturated carbocycles. The van der Waals surface area contributed by atoms with Crippen molar-refractivity contribution >= 4 is 5.69 Å². The van der Waals surface area contributed by atoms with Crippen molar-refractivity contribution in [3.63, 3.8) is 0 Å². The standard InChI is InChI=1S/C13H19N3O3/c1-10-7-12(15-8-11(10)16(17)18)19-9-13(14)5-3-2-4-6-13/h7-8H,2-6,9,14H2,1H3. The third kappa shape index (κ3) is 3.41. The van der Waals surface area contributed by atoms with Gasteiger partial charge in [-0.2, -0.15) is 0 Å². The maximum absolute atomic E-state index is 10.7. The Hall–Kier alpha value is -1.69. The molecule has 0 aromatic carbocycles. The van der Waals surface area contributed by atoms with Crippen LogP contribution in [0.1, 0.15) is 37.7 Å². The highest BCUT2D eigenvalue weighted by atomic mass is 16.6. The van der Waals surface area contributed by atoms with Crippen molar-refractivity contribution in [2.75, 3.05) is 6.61 Å². The molecule has 0 spiro atoms. The van der Waals surface area contributed by atoms with Crippen LogP contribution in [0.15, 0.2) is 12.3 Å². The van der Waals surface area contributed by atoms with Crippen molar-refractivity contribution in [1.82, 2.24) is 4.98 Å². The Morgan fingerprint density at radius 3 is 2.74 bits per heavy atom. The Bertz CT molecular complexity index is 470. The molecule has 1 aliphatic rings. The lowest BCUT2D eigenvalue weighted by atomic mass is 9.83. The molecule has 6 nitrogen and oxygen atoms in total. The van der Waals surface area contributed by atoms with Gasteiger partial charge in [0.1, 0.15) is 12.8 Å². The summed E-state index contributed by atoms with van der Waals surface area (Å²) in [6, 6.07) is 1.59. The van der Waals surface area contributed by atoms with Crippen LogP contribution >= 0.6 is 0 Å². The molecule has 19 heavy (non-hydrogen) atoms. The molecule has 0 saturated heterocycles. The maximum Gasteiger partial charge on any atom is 0.290 e. The van der Waals surface area contributed by atoms with E-state index in [1.165, 1.54) is 12.6 Å². The van der Waals surface area contributed by atoms with Gasteiger partial charge in [-0.25, -0.2) is 4.98 Å². The van der Waals surface area contributed by atoms with E-state index < -0.39 is 4.92 Å². The molecule has 2 N–H and O–H groups in total. The van der Waals surface area contributed by atoms with E-state index in [9.17, 15) is 10.1 Å². The zero-order valence-electron chi connectivity index (χ0n) is 11.1. The van der Waals surface area contributed by atoms with E-state index in [0.717, 1.165) is 25.7 Å². The lowest BCUT2D eigenvalue weighted by molar-refractivity contribution is -0.385. The molecule has 104 valence electrons. The summed E-state index contributed by atoms with van der Waals surface area (Å²) in [5.74, 6) is 0.401. The predicted octanol–water partition coefficient (Wildman–Crippen LogP) is 2.34. The lowest BCUT2D eigenvalue weighted by Crippen LogP contribution is -2.47. The summed E-state index contributed by atoms with van der Waals surface area (Å²) in [4.78, 5) is 14.2. The van der Waals surface area contributed by atoms with Gasteiger partial charge in [-0.1, -0.05) is 19.3 Å². The summed E-state index contributed by atoms with van der Waals surface area (Å²) in [6.07, 6.45) is 6.64. The number of rotatable bonds is 4. The summed E-state index contributed by atoms with van der Waals surface area (Å²) in [6.45, 7) is 2.09. The van der Waals surface area contributed by atoms with Crippen LogP contribution in [0.3, 0.4) is 0 Å². The zero-order chi connectivity index (χ0) is 13.9. The van der Waals surface area contributed by atoms with Gasteiger partial charge in [-0.15, -0.1) is 0 Å². The topological polar surface area (TPSA) is 91.3 Å². The molecule has 1 aliphatic carbocycles.